The number of urea groups is 1. The van der Waals surface area contributed by atoms with E-state index in [4.69, 9.17) is 4.74 Å². The van der Waals surface area contributed by atoms with Crippen LogP contribution in [0, 0.1) is 0 Å². The number of carbonyl (C=O) groups excluding carboxylic acids is 2. The second-order valence-electron chi connectivity index (χ2n) is 2.85. The number of amides is 3. The van der Waals surface area contributed by atoms with Gasteiger partial charge in [0.25, 0.3) is 0 Å². The number of nitrogens with one attached hydrogen (secondary N) is 2. The fourth-order valence-electron chi connectivity index (χ4n) is 1.15. The zero-order valence-corrected chi connectivity index (χ0v) is 8.97. The summed E-state index contributed by atoms with van der Waals surface area (Å²) in [6.45, 7) is 3.86. The van der Waals surface area contributed by atoms with Crippen LogP contribution >= 0.6 is 15.9 Å². The molecular formula is C7H11BrN2O3. The second kappa shape index (κ2) is 3.63. The highest BCUT2D eigenvalue weighted by molar-refractivity contribution is 9.10. The summed E-state index contributed by atoms with van der Waals surface area (Å²) >= 11 is 3.15. The van der Waals surface area contributed by atoms with Crippen molar-refractivity contribution < 1.29 is 14.3 Å². The molecule has 0 unspecified atom stereocenters. The van der Waals surface area contributed by atoms with Gasteiger partial charge in [-0.25, -0.2) is 4.79 Å². The minimum Gasteiger partial charge on any atom is -0.355 e. The molecule has 1 heterocycles. The van der Waals surface area contributed by atoms with Gasteiger partial charge in [0.1, 0.15) is 4.83 Å². The van der Waals surface area contributed by atoms with Crippen LogP contribution in [0.3, 0.4) is 0 Å². The first kappa shape index (κ1) is 10.5. The highest BCUT2D eigenvalue weighted by Crippen LogP contribution is 2.22. The van der Waals surface area contributed by atoms with Crippen molar-refractivity contribution in [2.45, 2.75) is 24.4 Å². The van der Waals surface area contributed by atoms with Crippen LogP contribution in [0.1, 0.15) is 13.8 Å². The summed E-state index contributed by atoms with van der Waals surface area (Å²) in [5, 5.41) is 4.66. The van der Waals surface area contributed by atoms with Gasteiger partial charge in [0.2, 0.25) is 5.91 Å². The predicted molar refractivity (Wildman–Crippen MR) is 49.4 cm³/mol. The van der Waals surface area contributed by atoms with Crippen molar-refractivity contribution in [2.75, 3.05) is 6.61 Å². The number of alkyl halides is 1. The molecule has 2 N–H and O–H groups in total. The van der Waals surface area contributed by atoms with Gasteiger partial charge >= 0.3 is 6.03 Å². The van der Waals surface area contributed by atoms with Crippen LogP contribution in [0.15, 0.2) is 0 Å². The van der Waals surface area contributed by atoms with Gasteiger partial charge in [-0.2, -0.15) is 0 Å². The first-order valence-electron chi connectivity index (χ1n) is 3.90. The predicted octanol–water partition coefficient (Wildman–Crippen LogP) is 0.342. The zero-order valence-electron chi connectivity index (χ0n) is 7.39. The maximum Gasteiger partial charge on any atom is 0.323 e. The first-order chi connectivity index (χ1) is 5.99. The highest BCUT2D eigenvalue weighted by atomic mass is 79.9. The van der Waals surface area contributed by atoms with E-state index in [0.717, 1.165) is 0 Å². The van der Waals surface area contributed by atoms with Crippen molar-refractivity contribution in [2.24, 2.45) is 0 Å². The SMILES string of the molecule is CCO[C@@]1(C)NC(=O)NC(=O)[C@@H]1Br. The maximum atomic E-state index is 11.2. The number of hydrogen-bond acceptors (Lipinski definition) is 3. The highest BCUT2D eigenvalue weighted by Gasteiger charge is 2.44. The van der Waals surface area contributed by atoms with Crippen molar-refractivity contribution in [1.82, 2.24) is 10.6 Å². The number of ether oxygens (including phenoxy) is 1. The van der Waals surface area contributed by atoms with Crippen molar-refractivity contribution in [1.29, 1.82) is 0 Å². The summed E-state index contributed by atoms with van der Waals surface area (Å²) < 4.78 is 5.28. The van der Waals surface area contributed by atoms with Crippen LogP contribution < -0.4 is 10.6 Å². The molecule has 1 fully saturated rings. The molecule has 1 saturated heterocycles. The van der Waals surface area contributed by atoms with E-state index in [1.165, 1.54) is 0 Å². The van der Waals surface area contributed by atoms with E-state index in [2.05, 4.69) is 26.6 Å². The Hall–Kier alpha value is -0.620. The van der Waals surface area contributed by atoms with Crippen molar-refractivity contribution in [3.8, 4) is 0 Å². The Balaban J connectivity index is 2.81. The standard InChI is InChI=1S/C7H11BrN2O3/c1-3-13-7(2)4(8)5(11)9-6(12)10-7/h4H,3H2,1-2H3,(H2,9,10,11,12)/t4-,7+/m0/s1. The first-order valence-corrected chi connectivity index (χ1v) is 4.82. The Morgan fingerprint density at radius 3 is 2.77 bits per heavy atom. The van der Waals surface area contributed by atoms with Gasteiger partial charge in [-0.15, -0.1) is 0 Å². The summed E-state index contributed by atoms with van der Waals surface area (Å²) in [5.74, 6) is -0.389. The van der Waals surface area contributed by atoms with Crippen LogP contribution in [-0.2, 0) is 9.53 Å². The lowest BCUT2D eigenvalue weighted by atomic mass is 10.1. The minimum atomic E-state index is -0.964. The van der Waals surface area contributed by atoms with Crippen LogP contribution in [0.5, 0.6) is 0 Å². The molecule has 13 heavy (non-hydrogen) atoms. The Labute approximate surface area is 84.3 Å². The molecule has 0 aromatic heterocycles. The third kappa shape index (κ3) is 2.00. The van der Waals surface area contributed by atoms with Crippen LogP contribution in [-0.4, -0.2) is 29.1 Å². The molecule has 6 heteroatoms. The van der Waals surface area contributed by atoms with E-state index >= 15 is 0 Å². The topological polar surface area (TPSA) is 67.4 Å². The summed E-state index contributed by atoms with van der Waals surface area (Å²) in [7, 11) is 0. The number of hydrogen-bond donors (Lipinski definition) is 2. The number of rotatable bonds is 2. The molecule has 1 aliphatic heterocycles. The summed E-state index contributed by atoms with van der Waals surface area (Å²) in [6, 6.07) is -0.531. The Morgan fingerprint density at radius 1 is 1.62 bits per heavy atom. The van der Waals surface area contributed by atoms with E-state index in [1.54, 1.807) is 13.8 Å². The molecular weight excluding hydrogens is 240 g/mol. The molecule has 1 rings (SSSR count). The van der Waals surface area contributed by atoms with E-state index in [0.29, 0.717) is 6.61 Å². The molecule has 5 nitrogen and oxygen atoms in total. The van der Waals surface area contributed by atoms with E-state index < -0.39 is 16.6 Å². The second-order valence-corrected chi connectivity index (χ2v) is 3.76. The third-order valence-electron chi connectivity index (χ3n) is 1.76. The van der Waals surface area contributed by atoms with Crippen molar-refractivity contribution in [3.63, 3.8) is 0 Å². The lowest BCUT2D eigenvalue weighted by molar-refractivity contribution is -0.129. The van der Waals surface area contributed by atoms with Gasteiger partial charge in [-0.3, -0.25) is 10.1 Å². The number of imide groups is 1. The number of halogens is 1. The average molecular weight is 251 g/mol. The average Bonchev–Trinajstić information content (AvgIpc) is 2.00. The summed E-state index contributed by atoms with van der Waals surface area (Å²) in [6.07, 6.45) is 0. The molecule has 0 radical (unpaired) electrons. The molecule has 0 saturated carbocycles. The third-order valence-corrected chi connectivity index (χ3v) is 3.05. The zero-order chi connectivity index (χ0) is 10.1. The molecule has 0 aliphatic carbocycles. The molecule has 0 aromatic carbocycles. The van der Waals surface area contributed by atoms with Gasteiger partial charge in [-0.1, -0.05) is 15.9 Å². The Bertz CT molecular complexity index is 246. The summed E-state index contributed by atoms with van der Waals surface area (Å²) in [4.78, 5) is 21.6. The Kier molecular flexibility index (Phi) is 2.92. The molecule has 2 atom stereocenters. The fraction of sp³-hybridized carbons (Fsp3) is 0.714. The molecule has 1 aliphatic rings. The van der Waals surface area contributed by atoms with Gasteiger partial charge in [0.15, 0.2) is 5.72 Å². The Morgan fingerprint density at radius 2 is 2.23 bits per heavy atom. The summed E-state index contributed by atoms with van der Waals surface area (Å²) in [5.41, 5.74) is -0.964. The van der Waals surface area contributed by atoms with Gasteiger partial charge in [-0.05, 0) is 13.8 Å². The van der Waals surface area contributed by atoms with Crippen LogP contribution in [0.25, 0.3) is 0 Å². The van der Waals surface area contributed by atoms with Crippen LogP contribution in [0.2, 0.25) is 0 Å². The molecule has 3 amide bonds. The monoisotopic (exact) mass is 250 g/mol. The number of carbonyl (C=O) groups is 2. The van der Waals surface area contributed by atoms with Gasteiger partial charge < -0.3 is 10.1 Å². The minimum absolute atomic E-state index is 0.389. The fourth-order valence-corrected chi connectivity index (χ4v) is 1.52. The van der Waals surface area contributed by atoms with E-state index in [-0.39, 0.29) is 5.91 Å². The smallest absolute Gasteiger partial charge is 0.323 e. The normalized spacial score (nSPS) is 33.9. The molecule has 0 aromatic rings. The largest absolute Gasteiger partial charge is 0.355 e. The van der Waals surface area contributed by atoms with Crippen molar-refractivity contribution >= 4 is 27.9 Å². The lowest BCUT2D eigenvalue weighted by Crippen LogP contribution is -2.67. The van der Waals surface area contributed by atoms with Gasteiger partial charge in [0.05, 0.1) is 0 Å². The molecule has 0 spiro atoms. The maximum absolute atomic E-state index is 11.2. The van der Waals surface area contributed by atoms with Crippen LogP contribution in [0.4, 0.5) is 4.79 Å². The molecule has 0 bridgehead atoms. The lowest BCUT2D eigenvalue weighted by Gasteiger charge is -2.37. The van der Waals surface area contributed by atoms with Gasteiger partial charge in [0, 0.05) is 6.61 Å². The van der Waals surface area contributed by atoms with Crippen molar-refractivity contribution in [3.05, 3.63) is 0 Å². The van der Waals surface area contributed by atoms with E-state index in [9.17, 15) is 9.59 Å². The quantitative estimate of drug-likeness (QED) is 0.695. The molecule has 74 valence electrons. The van der Waals surface area contributed by atoms with E-state index in [1.807, 2.05) is 0 Å².